The van der Waals surface area contributed by atoms with Crippen LogP contribution in [0.25, 0.3) is 0 Å². The highest BCUT2D eigenvalue weighted by atomic mass is 35.5. The van der Waals surface area contributed by atoms with E-state index in [4.69, 9.17) is 11.6 Å². The molecule has 0 spiro atoms. The quantitative estimate of drug-likeness (QED) is 0.613. The molecule has 2 rings (SSSR count). The molecule has 1 aromatic heterocycles. The first-order valence-corrected chi connectivity index (χ1v) is 10.4. The van der Waals surface area contributed by atoms with E-state index in [1.165, 1.54) is 37.5 Å². The Labute approximate surface area is 176 Å². The Kier molecular flexibility index (Phi) is 7.17. The summed E-state index contributed by atoms with van der Waals surface area (Å²) >= 11 is 5.72. The minimum atomic E-state index is -5.04. The zero-order valence-corrected chi connectivity index (χ0v) is 17.6. The summed E-state index contributed by atoms with van der Waals surface area (Å²) < 4.78 is 67.0. The van der Waals surface area contributed by atoms with E-state index in [0.717, 1.165) is 22.1 Å². The van der Waals surface area contributed by atoms with Crippen LogP contribution in [0.4, 0.5) is 13.2 Å². The van der Waals surface area contributed by atoms with Crippen LogP contribution in [0.1, 0.15) is 12.2 Å². The molecule has 0 fully saturated rings. The first kappa shape index (κ1) is 24.1. The van der Waals surface area contributed by atoms with E-state index < -0.39 is 53.0 Å². The number of imidazole rings is 1. The monoisotopic (exact) mass is 468 g/mol. The van der Waals surface area contributed by atoms with E-state index in [1.54, 1.807) is 0 Å². The Balaban J connectivity index is 2.01. The zero-order chi connectivity index (χ0) is 22.7. The van der Waals surface area contributed by atoms with Crippen LogP contribution in [0.2, 0.25) is 5.02 Å². The van der Waals surface area contributed by atoms with E-state index in [2.05, 4.69) is 10.3 Å². The fourth-order valence-electron chi connectivity index (χ4n) is 2.66. The summed E-state index contributed by atoms with van der Waals surface area (Å²) in [5.74, 6) is -1.45. The molecular formula is C17H20ClF3N4O4S. The van der Waals surface area contributed by atoms with Gasteiger partial charge < -0.3 is 15.0 Å². The van der Waals surface area contributed by atoms with Crippen LogP contribution in [0.5, 0.6) is 0 Å². The fourth-order valence-corrected chi connectivity index (χ4v) is 3.91. The van der Waals surface area contributed by atoms with Gasteiger partial charge in [0.25, 0.3) is 0 Å². The van der Waals surface area contributed by atoms with E-state index in [9.17, 15) is 31.5 Å². The molecule has 1 atom stereocenters. The smallest absolute Gasteiger partial charge is 0.374 e. The molecule has 0 aliphatic carbocycles. The molecule has 0 aliphatic rings. The molecule has 0 radical (unpaired) electrons. The lowest BCUT2D eigenvalue weighted by Gasteiger charge is -2.30. The Morgan fingerprint density at radius 3 is 2.40 bits per heavy atom. The maximum Gasteiger partial charge on any atom is 0.424 e. The summed E-state index contributed by atoms with van der Waals surface area (Å²) in [6.45, 7) is -1.19. The van der Waals surface area contributed by atoms with Crippen molar-refractivity contribution >= 4 is 27.5 Å². The first-order valence-electron chi connectivity index (χ1n) is 8.54. The molecule has 0 saturated heterocycles. The Hall–Kier alpha value is -2.15. The van der Waals surface area contributed by atoms with Gasteiger partial charge in [0.15, 0.2) is 0 Å². The summed E-state index contributed by atoms with van der Waals surface area (Å²) in [4.78, 5) is 15.5. The summed E-state index contributed by atoms with van der Waals surface area (Å²) in [7, 11) is -1.54. The topological polar surface area (TPSA) is 105 Å². The zero-order valence-electron chi connectivity index (χ0n) is 16.0. The number of aryl methyl sites for hydroxylation is 1. The third-order valence-corrected chi connectivity index (χ3v) is 6.43. The van der Waals surface area contributed by atoms with Crippen molar-refractivity contribution in [1.29, 1.82) is 0 Å². The number of carbonyl (C=O) groups is 1. The van der Waals surface area contributed by atoms with Gasteiger partial charge in [-0.2, -0.15) is 17.5 Å². The second-order valence-corrected chi connectivity index (χ2v) is 9.02. The van der Waals surface area contributed by atoms with Crippen molar-refractivity contribution in [3.05, 3.63) is 47.5 Å². The molecule has 166 valence electrons. The Morgan fingerprint density at radius 2 is 1.90 bits per heavy atom. The highest BCUT2D eigenvalue weighted by Gasteiger charge is 2.57. The molecule has 0 aliphatic heterocycles. The molecule has 8 nitrogen and oxygen atoms in total. The number of sulfonamides is 1. The molecule has 1 aromatic carbocycles. The molecule has 1 unspecified atom stereocenters. The summed E-state index contributed by atoms with van der Waals surface area (Å²) in [6, 6.07) is 5.28. The van der Waals surface area contributed by atoms with Crippen molar-refractivity contribution in [2.45, 2.75) is 23.1 Å². The summed E-state index contributed by atoms with van der Waals surface area (Å²) in [5, 5.41) is 12.7. The van der Waals surface area contributed by atoms with Crippen LogP contribution >= 0.6 is 11.6 Å². The number of likely N-dealkylation sites (N-methyl/N-ethyl adjacent to an activating group) is 1. The fraction of sp³-hybridized carbons (Fsp3) is 0.412. The lowest BCUT2D eigenvalue weighted by Crippen LogP contribution is -2.47. The second-order valence-electron chi connectivity index (χ2n) is 6.53. The van der Waals surface area contributed by atoms with Gasteiger partial charge >= 0.3 is 6.18 Å². The third kappa shape index (κ3) is 5.12. The predicted molar refractivity (Wildman–Crippen MR) is 102 cm³/mol. The summed E-state index contributed by atoms with van der Waals surface area (Å²) in [5.41, 5.74) is -3.28. The van der Waals surface area contributed by atoms with Crippen molar-refractivity contribution in [3.63, 3.8) is 0 Å². The van der Waals surface area contributed by atoms with E-state index in [-0.39, 0.29) is 4.90 Å². The average molecular weight is 469 g/mol. The van der Waals surface area contributed by atoms with E-state index in [0.29, 0.717) is 5.02 Å². The molecule has 2 aromatic rings. The largest absolute Gasteiger partial charge is 0.424 e. The number of halogens is 4. The number of hydrogen-bond donors (Lipinski definition) is 2. The first-order chi connectivity index (χ1) is 13.8. The molecular weight excluding hydrogens is 449 g/mol. The van der Waals surface area contributed by atoms with Gasteiger partial charge in [-0.25, -0.2) is 13.4 Å². The highest BCUT2D eigenvalue weighted by molar-refractivity contribution is 7.89. The van der Waals surface area contributed by atoms with Gasteiger partial charge in [0, 0.05) is 44.5 Å². The minimum Gasteiger partial charge on any atom is -0.374 e. The highest BCUT2D eigenvalue weighted by Crippen LogP contribution is 2.40. The van der Waals surface area contributed by atoms with Crippen LogP contribution in [-0.4, -0.2) is 59.6 Å². The van der Waals surface area contributed by atoms with Crippen LogP contribution in [-0.2, 0) is 27.5 Å². The molecule has 2 N–H and O–H groups in total. The van der Waals surface area contributed by atoms with Crippen molar-refractivity contribution in [2.24, 2.45) is 7.05 Å². The van der Waals surface area contributed by atoms with Gasteiger partial charge in [0.2, 0.25) is 21.5 Å². The number of benzene rings is 1. The summed E-state index contributed by atoms with van der Waals surface area (Å²) in [6.07, 6.45) is -3.57. The van der Waals surface area contributed by atoms with Gasteiger partial charge in [-0.05, 0) is 24.3 Å². The van der Waals surface area contributed by atoms with Crippen molar-refractivity contribution in [2.75, 3.05) is 20.1 Å². The number of nitrogens with one attached hydrogen (secondary N) is 1. The van der Waals surface area contributed by atoms with E-state index >= 15 is 0 Å². The van der Waals surface area contributed by atoms with Crippen LogP contribution in [0.15, 0.2) is 41.6 Å². The number of aromatic nitrogens is 2. The number of amides is 1. The lowest BCUT2D eigenvalue weighted by molar-refractivity contribution is -0.272. The Morgan fingerprint density at radius 1 is 1.30 bits per heavy atom. The van der Waals surface area contributed by atoms with Crippen LogP contribution < -0.4 is 5.32 Å². The van der Waals surface area contributed by atoms with Gasteiger partial charge in [0.1, 0.15) is 5.82 Å². The van der Waals surface area contributed by atoms with E-state index in [1.807, 2.05) is 0 Å². The number of carbonyl (C=O) groups excluding carboxylic acids is 1. The van der Waals surface area contributed by atoms with Crippen molar-refractivity contribution < 1.29 is 31.5 Å². The maximum absolute atomic E-state index is 13.4. The van der Waals surface area contributed by atoms with Gasteiger partial charge in [-0.3, -0.25) is 4.79 Å². The number of aliphatic hydroxyl groups is 1. The normalized spacial score (nSPS) is 14.5. The molecule has 1 amide bonds. The predicted octanol–water partition coefficient (Wildman–Crippen LogP) is 1.65. The van der Waals surface area contributed by atoms with Crippen LogP contribution in [0.3, 0.4) is 0 Å². The third-order valence-electron chi connectivity index (χ3n) is 4.36. The lowest BCUT2D eigenvalue weighted by atomic mass is 9.97. The molecule has 1 heterocycles. The van der Waals surface area contributed by atoms with Crippen molar-refractivity contribution in [1.82, 2.24) is 19.2 Å². The maximum atomic E-state index is 13.4. The standard InChI is InChI=1S/C17H20ClF3N4O4S/c1-24-10-9-23-15(24)16(27,17(19,20)21)7-8-22-14(26)11-25(2)30(28,29)13-5-3-12(18)4-6-13/h3-6,9-10,27H,7-8,11H2,1-2H3,(H,22,26). The average Bonchev–Trinajstić information content (AvgIpc) is 3.07. The van der Waals surface area contributed by atoms with Gasteiger partial charge in [0.05, 0.1) is 11.4 Å². The minimum absolute atomic E-state index is 0.0940. The molecule has 0 bridgehead atoms. The molecule has 30 heavy (non-hydrogen) atoms. The number of alkyl halides is 3. The van der Waals surface area contributed by atoms with Gasteiger partial charge in [-0.15, -0.1) is 0 Å². The molecule has 0 saturated carbocycles. The molecule has 13 heteroatoms. The van der Waals surface area contributed by atoms with Gasteiger partial charge in [-0.1, -0.05) is 11.6 Å². The Bertz CT molecular complexity index is 995. The second kappa shape index (κ2) is 8.92. The SMILES string of the molecule is CN(CC(=O)NCCC(O)(c1nccn1C)C(F)(F)F)S(=O)(=O)c1ccc(Cl)cc1. The number of nitrogens with zero attached hydrogens (tertiary/aromatic N) is 3. The number of rotatable bonds is 8. The number of hydrogen-bond acceptors (Lipinski definition) is 5. The van der Waals surface area contributed by atoms with Crippen molar-refractivity contribution in [3.8, 4) is 0 Å². The van der Waals surface area contributed by atoms with Crippen LogP contribution in [0, 0.1) is 0 Å².